The van der Waals surface area contributed by atoms with Gasteiger partial charge in [-0.2, -0.15) is 0 Å². The molecule has 1 aromatic carbocycles. The highest BCUT2D eigenvalue weighted by Crippen LogP contribution is 2.20. The summed E-state index contributed by atoms with van der Waals surface area (Å²) in [5, 5.41) is 9.29. The van der Waals surface area contributed by atoms with Crippen molar-refractivity contribution in [1.29, 1.82) is 0 Å². The fourth-order valence-electron chi connectivity index (χ4n) is 2.07. The molecule has 1 rings (SSSR count). The summed E-state index contributed by atoms with van der Waals surface area (Å²) in [5.41, 5.74) is 2.80. The highest BCUT2D eigenvalue weighted by atomic mass is 16.4. The normalized spacial score (nSPS) is 11.9. The molecule has 100 valence electrons. The number of carboxylic acids is 1. The van der Waals surface area contributed by atoms with E-state index in [1.807, 2.05) is 11.8 Å². The van der Waals surface area contributed by atoms with Crippen LogP contribution in [0.1, 0.15) is 37.5 Å². The van der Waals surface area contributed by atoms with Gasteiger partial charge in [0.25, 0.3) is 0 Å². The first-order valence-electron chi connectivity index (χ1n) is 6.33. The van der Waals surface area contributed by atoms with Crippen molar-refractivity contribution in [2.45, 2.75) is 46.7 Å². The van der Waals surface area contributed by atoms with Gasteiger partial charge in [-0.25, -0.2) is 0 Å². The van der Waals surface area contributed by atoms with Crippen LogP contribution in [0.4, 0.5) is 0 Å². The van der Waals surface area contributed by atoms with Crippen molar-refractivity contribution in [3.8, 4) is 0 Å². The van der Waals surface area contributed by atoms with Crippen molar-refractivity contribution in [2.24, 2.45) is 0 Å². The monoisotopic (exact) mass is 249 g/mol. The van der Waals surface area contributed by atoms with Crippen LogP contribution in [0.2, 0.25) is 0 Å². The van der Waals surface area contributed by atoms with Crippen LogP contribution in [-0.2, 0) is 11.3 Å². The zero-order valence-electron chi connectivity index (χ0n) is 11.9. The molecule has 0 atom stereocenters. The minimum Gasteiger partial charge on any atom is -0.480 e. The Morgan fingerprint density at radius 3 is 2.39 bits per heavy atom. The van der Waals surface area contributed by atoms with Gasteiger partial charge in [-0.05, 0) is 45.4 Å². The van der Waals surface area contributed by atoms with Crippen molar-refractivity contribution < 1.29 is 9.90 Å². The van der Waals surface area contributed by atoms with Crippen molar-refractivity contribution in [1.82, 2.24) is 4.90 Å². The standard InChI is InChI=1S/C15H23NO2/c1-6-16(15(4,5)14(17)18)10-13-8-7-11(2)9-12(13)3/h7-9H,6,10H2,1-5H3,(H,17,18). The van der Waals surface area contributed by atoms with E-state index < -0.39 is 11.5 Å². The molecule has 18 heavy (non-hydrogen) atoms. The van der Waals surface area contributed by atoms with E-state index in [-0.39, 0.29) is 0 Å². The molecule has 3 nitrogen and oxygen atoms in total. The molecule has 0 fully saturated rings. The minimum absolute atomic E-state index is 0.669. The number of hydrogen-bond donors (Lipinski definition) is 1. The Morgan fingerprint density at radius 1 is 1.33 bits per heavy atom. The molecule has 0 radical (unpaired) electrons. The Bertz CT molecular complexity index is 438. The fourth-order valence-corrected chi connectivity index (χ4v) is 2.07. The summed E-state index contributed by atoms with van der Waals surface area (Å²) in [4.78, 5) is 13.3. The second-order valence-corrected chi connectivity index (χ2v) is 5.31. The van der Waals surface area contributed by atoms with E-state index in [0.29, 0.717) is 13.1 Å². The lowest BCUT2D eigenvalue weighted by Crippen LogP contribution is -2.49. The Balaban J connectivity index is 2.96. The van der Waals surface area contributed by atoms with Gasteiger partial charge in [-0.3, -0.25) is 9.69 Å². The van der Waals surface area contributed by atoms with Gasteiger partial charge in [0.2, 0.25) is 0 Å². The number of hydrogen-bond acceptors (Lipinski definition) is 2. The minimum atomic E-state index is -0.841. The Morgan fingerprint density at radius 2 is 1.94 bits per heavy atom. The van der Waals surface area contributed by atoms with E-state index in [0.717, 1.165) is 0 Å². The average molecular weight is 249 g/mol. The third kappa shape index (κ3) is 3.10. The maximum absolute atomic E-state index is 11.3. The first-order chi connectivity index (χ1) is 8.28. The van der Waals surface area contributed by atoms with E-state index in [9.17, 15) is 9.90 Å². The SMILES string of the molecule is CCN(Cc1ccc(C)cc1C)C(C)(C)C(=O)O. The Labute approximate surface area is 109 Å². The Kier molecular flexibility index (Phi) is 4.52. The summed E-state index contributed by atoms with van der Waals surface area (Å²) in [5.74, 6) is -0.783. The van der Waals surface area contributed by atoms with Crippen LogP contribution in [0, 0.1) is 13.8 Å². The highest BCUT2D eigenvalue weighted by molar-refractivity contribution is 5.77. The van der Waals surface area contributed by atoms with Gasteiger partial charge in [0, 0.05) is 6.54 Å². The number of carboxylic acid groups (broad SMARTS) is 1. The predicted molar refractivity (Wildman–Crippen MR) is 73.7 cm³/mol. The highest BCUT2D eigenvalue weighted by Gasteiger charge is 2.33. The molecule has 0 saturated carbocycles. The summed E-state index contributed by atoms with van der Waals surface area (Å²) in [6.45, 7) is 11.0. The van der Waals surface area contributed by atoms with Gasteiger partial charge in [-0.1, -0.05) is 30.7 Å². The molecule has 0 saturated heterocycles. The van der Waals surface area contributed by atoms with E-state index in [2.05, 4.69) is 32.0 Å². The van der Waals surface area contributed by atoms with Crippen LogP contribution in [-0.4, -0.2) is 28.1 Å². The molecule has 0 aliphatic carbocycles. The summed E-state index contributed by atoms with van der Waals surface area (Å²) >= 11 is 0. The van der Waals surface area contributed by atoms with E-state index in [4.69, 9.17) is 0 Å². The van der Waals surface area contributed by atoms with Crippen LogP contribution in [0.3, 0.4) is 0 Å². The van der Waals surface area contributed by atoms with Crippen molar-refractivity contribution >= 4 is 5.97 Å². The molecule has 0 unspecified atom stereocenters. The zero-order chi connectivity index (χ0) is 13.9. The maximum atomic E-state index is 11.3. The zero-order valence-corrected chi connectivity index (χ0v) is 11.9. The number of rotatable bonds is 5. The number of nitrogens with zero attached hydrogens (tertiary/aromatic N) is 1. The lowest BCUT2D eigenvalue weighted by Gasteiger charge is -2.34. The predicted octanol–water partition coefficient (Wildman–Crippen LogP) is 2.99. The molecule has 0 spiro atoms. The van der Waals surface area contributed by atoms with Gasteiger partial charge in [0.1, 0.15) is 5.54 Å². The van der Waals surface area contributed by atoms with E-state index >= 15 is 0 Å². The molecule has 1 aromatic rings. The van der Waals surface area contributed by atoms with Gasteiger partial charge in [-0.15, -0.1) is 0 Å². The number of likely N-dealkylation sites (N-methyl/N-ethyl adjacent to an activating group) is 1. The Hall–Kier alpha value is -1.35. The second kappa shape index (κ2) is 5.53. The van der Waals surface area contributed by atoms with Crippen molar-refractivity contribution in [3.63, 3.8) is 0 Å². The molecule has 0 aliphatic heterocycles. The quantitative estimate of drug-likeness (QED) is 0.872. The molecule has 0 heterocycles. The molecule has 0 aromatic heterocycles. The summed E-state index contributed by atoms with van der Waals surface area (Å²) in [6.07, 6.45) is 0. The van der Waals surface area contributed by atoms with Crippen LogP contribution in [0.25, 0.3) is 0 Å². The molecule has 0 aliphatic rings. The number of carbonyl (C=O) groups is 1. The van der Waals surface area contributed by atoms with Crippen molar-refractivity contribution in [3.05, 3.63) is 34.9 Å². The van der Waals surface area contributed by atoms with E-state index in [1.54, 1.807) is 13.8 Å². The van der Waals surface area contributed by atoms with Crippen LogP contribution in [0.5, 0.6) is 0 Å². The summed E-state index contributed by atoms with van der Waals surface area (Å²) in [7, 11) is 0. The molecule has 3 heteroatoms. The third-order valence-electron chi connectivity index (χ3n) is 3.55. The number of aliphatic carboxylic acids is 1. The molecular formula is C15H23NO2. The van der Waals surface area contributed by atoms with Crippen LogP contribution >= 0.6 is 0 Å². The first-order valence-corrected chi connectivity index (χ1v) is 6.33. The largest absolute Gasteiger partial charge is 0.480 e. The van der Waals surface area contributed by atoms with Gasteiger partial charge in [0.15, 0.2) is 0 Å². The van der Waals surface area contributed by atoms with Crippen molar-refractivity contribution in [2.75, 3.05) is 6.54 Å². The van der Waals surface area contributed by atoms with Gasteiger partial charge < -0.3 is 5.11 Å². The molecule has 0 bridgehead atoms. The van der Waals surface area contributed by atoms with Crippen LogP contribution in [0.15, 0.2) is 18.2 Å². The molecule has 1 N–H and O–H groups in total. The lowest BCUT2D eigenvalue weighted by atomic mass is 9.99. The van der Waals surface area contributed by atoms with Crippen LogP contribution < -0.4 is 0 Å². The third-order valence-corrected chi connectivity index (χ3v) is 3.55. The molecular weight excluding hydrogens is 226 g/mol. The first kappa shape index (κ1) is 14.7. The smallest absolute Gasteiger partial charge is 0.323 e. The average Bonchev–Trinajstić information content (AvgIpc) is 2.27. The van der Waals surface area contributed by atoms with Gasteiger partial charge in [0.05, 0.1) is 0 Å². The number of aryl methyl sites for hydroxylation is 2. The topological polar surface area (TPSA) is 40.5 Å². The fraction of sp³-hybridized carbons (Fsp3) is 0.533. The summed E-state index contributed by atoms with van der Waals surface area (Å²) in [6, 6.07) is 6.30. The second-order valence-electron chi connectivity index (χ2n) is 5.31. The van der Waals surface area contributed by atoms with E-state index in [1.165, 1.54) is 16.7 Å². The van der Waals surface area contributed by atoms with Gasteiger partial charge >= 0.3 is 5.97 Å². The maximum Gasteiger partial charge on any atom is 0.323 e. The number of benzene rings is 1. The lowest BCUT2D eigenvalue weighted by molar-refractivity contribution is -0.149. The molecule has 0 amide bonds. The summed E-state index contributed by atoms with van der Waals surface area (Å²) < 4.78 is 0.